The number of esters is 2. The number of allylic oxidation sites excluding steroid dienone is 4. The van der Waals surface area contributed by atoms with Gasteiger partial charge in [0.05, 0.1) is 18.8 Å². The summed E-state index contributed by atoms with van der Waals surface area (Å²) in [6.45, 7) is 10.1. The molecule has 1 aromatic rings. The zero-order chi connectivity index (χ0) is 43.8. The van der Waals surface area contributed by atoms with Crippen molar-refractivity contribution in [2.24, 2.45) is 23.7 Å². The Morgan fingerprint density at radius 2 is 1.83 bits per heavy atom. The summed E-state index contributed by atoms with van der Waals surface area (Å²) in [4.78, 5) is 80.0. The van der Waals surface area contributed by atoms with Crippen LogP contribution in [0.4, 0.5) is 4.39 Å². The Labute approximate surface area is 345 Å². The van der Waals surface area contributed by atoms with Gasteiger partial charge in [0.15, 0.2) is 0 Å². The lowest BCUT2D eigenvalue weighted by molar-refractivity contribution is -0.156. The molecule has 5 N–H and O–H groups in total. The van der Waals surface area contributed by atoms with E-state index in [4.69, 9.17) is 9.47 Å². The van der Waals surface area contributed by atoms with Crippen LogP contribution in [0.1, 0.15) is 85.6 Å². The lowest BCUT2D eigenvalue weighted by Gasteiger charge is -2.36. The second-order valence-corrected chi connectivity index (χ2v) is 15.6. The number of hydrogen-bond acceptors (Lipinski definition) is 12. The van der Waals surface area contributed by atoms with Gasteiger partial charge in [0.1, 0.15) is 41.3 Å². The summed E-state index contributed by atoms with van der Waals surface area (Å²) in [7, 11) is 0. The minimum Gasteiger partial charge on any atom is -0.508 e. The molecule has 324 valence electrons. The first-order valence-corrected chi connectivity index (χ1v) is 20.2. The monoisotopic (exact) mass is 825 g/mol. The fourth-order valence-electron chi connectivity index (χ4n) is 6.98. The SMILES string of the molecule is CCOC(=O)/C=C/C=C(\C)[C@@H]1C/C=C/C=C/[C@H](O)[C@H](C)[C@@H](O)[C@@H](CCC(C)=O)C(=O)C[C@@H](C(C)C)C(=O)N[C@@H](Cc2cc(O)cc(F)c2)C(=O)N2CCCC(N2)C(=O)O1. The van der Waals surface area contributed by atoms with Gasteiger partial charge in [0.25, 0.3) is 5.91 Å². The Balaban J connectivity index is 2.09. The fraction of sp³-hybridized carbons (Fsp3) is 0.545. The van der Waals surface area contributed by atoms with Crippen LogP contribution in [0.5, 0.6) is 5.75 Å². The highest BCUT2D eigenvalue weighted by Gasteiger charge is 2.39. The molecule has 15 heteroatoms. The summed E-state index contributed by atoms with van der Waals surface area (Å²) in [5.74, 6) is -7.86. The maximum atomic E-state index is 14.4. The fourth-order valence-corrected chi connectivity index (χ4v) is 6.98. The third-order valence-corrected chi connectivity index (χ3v) is 10.6. The number of aliphatic hydroxyl groups excluding tert-OH is 2. The highest BCUT2D eigenvalue weighted by atomic mass is 19.1. The van der Waals surface area contributed by atoms with Crippen LogP contribution >= 0.6 is 0 Å². The Kier molecular flexibility index (Phi) is 19.3. The normalized spacial score (nSPS) is 28.3. The van der Waals surface area contributed by atoms with Crippen molar-refractivity contribution in [2.75, 3.05) is 13.2 Å². The number of ketones is 2. The topological polar surface area (TPSA) is 209 Å². The largest absolute Gasteiger partial charge is 0.508 e. The van der Waals surface area contributed by atoms with E-state index >= 15 is 0 Å². The van der Waals surface area contributed by atoms with E-state index in [1.807, 2.05) is 0 Å². The number of phenols is 1. The molecule has 0 spiro atoms. The van der Waals surface area contributed by atoms with E-state index in [9.17, 15) is 48.5 Å². The van der Waals surface area contributed by atoms with Crippen LogP contribution in [-0.2, 0) is 44.7 Å². The molecular weight excluding hydrogens is 765 g/mol. The van der Waals surface area contributed by atoms with Crippen LogP contribution < -0.4 is 10.7 Å². The van der Waals surface area contributed by atoms with E-state index in [0.29, 0.717) is 18.4 Å². The predicted octanol–water partition coefficient (Wildman–Crippen LogP) is 4.12. The first-order valence-electron chi connectivity index (χ1n) is 20.2. The quantitative estimate of drug-likeness (QED) is 0.128. The van der Waals surface area contributed by atoms with Crippen molar-refractivity contribution in [3.8, 4) is 5.75 Å². The molecule has 1 unspecified atom stereocenters. The number of cyclic esters (lactones) is 1. The number of aliphatic hydroxyl groups is 2. The standard InChI is InChI=1S/C44H60FN3O11/c1-7-58-40(53)17-11-13-27(4)39-16-10-8-9-15-37(51)29(6)41(54)33(19-18-28(5)49)38(52)25-34(26(2)3)42(55)46-36(23-30-21-31(45)24-32(50)22-30)43(56)48-20-12-14-35(47-48)44(57)59-39/h8-11,13,15,17,21-22,24,26,29,33-37,39,41,47,50-51,54H,7,12,14,16,18-20,23,25H2,1-6H3,(H,46,55)/b10-8+,15-9+,17-11+,27-13+/t29-,33-,34-,35?,36-,37-,39-,41+/m0/s1. The van der Waals surface area contributed by atoms with Crippen molar-refractivity contribution in [2.45, 2.75) is 117 Å². The number of benzene rings is 1. The van der Waals surface area contributed by atoms with Gasteiger partial charge in [-0.2, -0.15) is 0 Å². The highest BCUT2D eigenvalue weighted by molar-refractivity contribution is 5.92. The molecule has 0 aliphatic carbocycles. The van der Waals surface area contributed by atoms with E-state index < -0.39 is 95.2 Å². The maximum absolute atomic E-state index is 14.4. The Bertz CT molecular complexity index is 1750. The molecule has 2 aliphatic heterocycles. The maximum Gasteiger partial charge on any atom is 0.330 e. The van der Waals surface area contributed by atoms with Gasteiger partial charge >= 0.3 is 11.9 Å². The summed E-state index contributed by atoms with van der Waals surface area (Å²) in [5, 5.41) is 36.6. The number of hydrazine groups is 1. The van der Waals surface area contributed by atoms with Gasteiger partial charge in [-0.05, 0) is 69.2 Å². The number of carbonyl (C=O) groups excluding carboxylic acids is 6. The minimum atomic E-state index is -1.40. The van der Waals surface area contributed by atoms with E-state index in [1.165, 1.54) is 36.2 Å². The minimum absolute atomic E-state index is 0.0175. The number of halogens is 1. The van der Waals surface area contributed by atoms with Crippen molar-refractivity contribution < 1.29 is 58.0 Å². The Morgan fingerprint density at radius 3 is 2.49 bits per heavy atom. The number of rotatable bonds is 10. The van der Waals surface area contributed by atoms with Crippen molar-refractivity contribution in [3.63, 3.8) is 0 Å². The summed E-state index contributed by atoms with van der Waals surface area (Å²) in [5.41, 5.74) is 3.70. The number of amides is 2. The van der Waals surface area contributed by atoms with Crippen LogP contribution in [0, 0.1) is 29.5 Å². The average molecular weight is 826 g/mol. The number of Topliss-reactive ketones (excluding diaryl/α,β-unsaturated/α-hetero) is 2. The van der Waals surface area contributed by atoms with Crippen molar-refractivity contribution in [1.82, 2.24) is 15.8 Å². The van der Waals surface area contributed by atoms with Gasteiger partial charge < -0.3 is 34.9 Å². The summed E-state index contributed by atoms with van der Waals surface area (Å²) < 4.78 is 25.3. The van der Waals surface area contributed by atoms with Gasteiger partial charge in [-0.15, -0.1) is 0 Å². The van der Waals surface area contributed by atoms with Gasteiger partial charge in [0, 0.05) is 62.1 Å². The van der Waals surface area contributed by atoms with Crippen LogP contribution in [0.15, 0.2) is 66.3 Å². The lowest BCUT2D eigenvalue weighted by Crippen LogP contribution is -2.61. The summed E-state index contributed by atoms with van der Waals surface area (Å²) in [6, 6.07) is 0.942. The number of hydrogen-bond donors (Lipinski definition) is 5. The third kappa shape index (κ3) is 15.3. The van der Waals surface area contributed by atoms with Gasteiger partial charge in [-0.25, -0.2) is 14.6 Å². The smallest absolute Gasteiger partial charge is 0.330 e. The van der Waals surface area contributed by atoms with E-state index in [0.717, 1.165) is 12.1 Å². The first-order chi connectivity index (χ1) is 27.9. The predicted molar refractivity (Wildman–Crippen MR) is 216 cm³/mol. The first kappa shape index (κ1) is 48.4. The molecule has 0 aromatic heterocycles. The molecular formula is C44H60FN3O11. The van der Waals surface area contributed by atoms with Crippen LogP contribution in [-0.4, -0.2) is 99.2 Å². The lowest BCUT2D eigenvalue weighted by atomic mass is 9.78. The molecule has 0 saturated carbocycles. The summed E-state index contributed by atoms with van der Waals surface area (Å²) >= 11 is 0. The number of carbonyl (C=O) groups is 6. The van der Waals surface area contributed by atoms with Crippen molar-refractivity contribution in [1.29, 1.82) is 0 Å². The molecule has 1 saturated heterocycles. The van der Waals surface area contributed by atoms with Crippen LogP contribution in [0.25, 0.3) is 0 Å². The molecule has 14 nitrogen and oxygen atoms in total. The molecule has 1 fully saturated rings. The van der Waals surface area contributed by atoms with E-state index in [-0.39, 0.29) is 56.6 Å². The highest BCUT2D eigenvalue weighted by Crippen LogP contribution is 2.28. The van der Waals surface area contributed by atoms with E-state index in [1.54, 1.807) is 58.9 Å². The summed E-state index contributed by atoms with van der Waals surface area (Å²) in [6.07, 6.45) is 7.37. The van der Waals surface area contributed by atoms with E-state index in [2.05, 4.69) is 10.7 Å². The number of nitrogens with one attached hydrogen (secondary N) is 2. The molecule has 0 radical (unpaired) electrons. The molecule has 2 heterocycles. The van der Waals surface area contributed by atoms with Gasteiger partial charge in [0.2, 0.25) is 5.91 Å². The molecule has 2 aliphatic rings. The zero-order valence-corrected chi connectivity index (χ0v) is 34.8. The molecule has 2 bridgehead atoms. The average Bonchev–Trinajstić information content (AvgIpc) is 3.17. The molecule has 3 rings (SSSR count). The number of phenolic OH excluding ortho intramolecular Hbond substituents is 1. The molecule has 2 amide bonds. The van der Waals surface area contributed by atoms with Crippen LogP contribution in [0.3, 0.4) is 0 Å². The Hall–Kier alpha value is -4.99. The van der Waals surface area contributed by atoms with Crippen molar-refractivity contribution in [3.05, 3.63) is 77.7 Å². The zero-order valence-electron chi connectivity index (χ0n) is 34.8. The number of nitrogens with zero attached hydrogens (tertiary/aromatic N) is 1. The second kappa shape index (κ2) is 23.6. The van der Waals surface area contributed by atoms with Gasteiger partial charge in [-0.1, -0.05) is 57.2 Å². The number of aromatic hydroxyl groups is 1. The van der Waals surface area contributed by atoms with Gasteiger partial charge in [-0.3, -0.25) is 24.2 Å². The third-order valence-electron chi connectivity index (χ3n) is 10.6. The molecule has 1 aromatic carbocycles. The van der Waals surface area contributed by atoms with Crippen molar-refractivity contribution >= 4 is 35.3 Å². The number of fused-ring (bicyclic) bond motifs is 2. The van der Waals surface area contributed by atoms with Crippen LogP contribution in [0.2, 0.25) is 0 Å². The number of ether oxygens (including phenoxy) is 2. The Morgan fingerprint density at radius 1 is 1.10 bits per heavy atom. The molecule has 8 atom stereocenters. The second-order valence-electron chi connectivity index (χ2n) is 15.6. The molecule has 59 heavy (non-hydrogen) atoms.